The lowest BCUT2D eigenvalue weighted by molar-refractivity contribution is 0.196. The van der Waals surface area contributed by atoms with Gasteiger partial charge in [0.05, 0.1) is 0 Å². The predicted molar refractivity (Wildman–Crippen MR) is 61.3 cm³/mol. The van der Waals surface area contributed by atoms with Gasteiger partial charge in [-0.05, 0) is 32.7 Å². The highest BCUT2D eigenvalue weighted by Gasteiger charge is 2.25. The van der Waals surface area contributed by atoms with Gasteiger partial charge in [0.1, 0.15) is 0 Å². The third-order valence-electron chi connectivity index (χ3n) is 3.27. The summed E-state index contributed by atoms with van der Waals surface area (Å²) in [5.74, 6) is 0.814. The number of nitrogens with one attached hydrogen (secondary N) is 1. The molecule has 2 unspecified atom stereocenters. The van der Waals surface area contributed by atoms with Gasteiger partial charge in [-0.2, -0.15) is 0 Å². The second-order valence-corrected chi connectivity index (χ2v) is 4.70. The Hall–Kier alpha value is -0.120. The van der Waals surface area contributed by atoms with Crippen molar-refractivity contribution in [1.82, 2.24) is 10.2 Å². The molecule has 84 valence electrons. The van der Waals surface area contributed by atoms with Crippen LogP contribution in [-0.4, -0.2) is 43.2 Å². The zero-order valence-corrected chi connectivity index (χ0v) is 9.79. The molecule has 1 rings (SSSR count). The number of hydrogen-bond donors (Lipinski definition) is 2. The van der Waals surface area contributed by atoms with Crippen LogP contribution in [0.15, 0.2) is 0 Å². The molecule has 0 saturated carbocycles. The third kappa shape index (κ3) is 3.23. The zero-order valence-electron chi connectivity index (χ0n) is 9.79. The summed E-state index contributed by atoms with van der Waals surface area (Å²) >= 11 is 0. The van der Waals surface area contributed by atoms with Crippen molar-refractivity contribution < 1.29 is 0 Å². The van der Waals surface area contributed by atoms with Crippen molar-refractivity contribution in [1.29, 1.82) is 0 Å². The average molecular weight is 199 g/mol. The van der Waals surface area contributed by atoms with E-state index in [1.165, 1.54) is 13.0 Å². The number of nitrogens with zero attached hydrogens (tertiary/aromatic N) is 1. The van der Waals surface area contributed by atoms with Gasteiger partial charge in [-0.1, -0.05) is 6.92 Å². The quantitative estimate of drug-likeness (QED) is 0.683. The third-order valence-corrected chi connectivity index (χ3v) is 3.27. The molecule has 3 heteroatoms. The molecule has 0 radical (unpaired) electrons. The van der Waals surface area contributed by atoms with Crippen molar-refractivity contribution in [3.05, 3.63) is 0 Å². The van der Waals surface area contributed by atoms with Crippen molar-refractivity contribution in [2.24, 2.45) is 11.7 Å². The highest BCUT2D eigenvalue weighted by molar-refractivity contribution is 4.84. The van der Waals surface area contributed by atoms with E-state index in [-0.39, 0.29) is 0 Å². The minimum Gasteiger partial charge on any atom is -0.329 e. The van der Waals surface area contributed by atoms with Crippen LogP contribution in [0.5, 0.6) is 0 Å². The fourth-order valence-corrected chi connectivity index (χ4v) is 2.12. The fourth-order valence-electron chi connectivity index (χ4n) is 2.12. The minimum atomic E-state index is 0.605. The van der Waals surface area contributed by atoms with Crippen LogP contribution >= 0.6 is 0 Å². The molecule has 2 atom stereocenters. The van der Waals surface area contributed by atoms with Gasteiger partial charge < -0.3 is 11.1 Å². The maximum Gasteiger partial charge on any atom is 0.0221 e. The molecule has 1 heterocycles. The lowest BCUT2D eigenvalue weighted by atomic mass is 10.0. The molecule has 0 spiro atoms. The van der Waals surface area contributed by atoms with Gasteiger partial charge in [0.15, 0.2) is 0 Å². The molecule has 3 nitrogen and oxygen atoms in total. The van der Waals surface area contributed by atoms with Crippen molar-refractivity contribution >= 4 is 0 Å². The van der Waals surface area contributed by atoms with Crippen LogP contribution in [-0.2, 0) is 0 Å². The van der Waals surface area contributed by atoms with Crippen LogP contribution in [0.3, 0.4) is 0 Å². The van der Waals surface area contributed by atoms with Crippen LogP contribution in [0.4, 0.5) is 0 Å². The van der Waals surface area contributed by atoms with E-state index >= 15 is 0 Å². The lowest BCUT2D eigenvalue weighted by Crippen LogP contribution is -2.45. The molecular formula is C11H25N3. The van der Waals surface area contributed by atoms with E-state index < -0.39 is 0 Å². The monoisotopic (exact) mass is 199 g/mol. The minimum absolute atomic E-state index is 0.605. The Bertz CT molecular complexity index is 159. The van der Waals surface area contributed by atoms with Crippen LogP contribution < -0.4 is 11.1 Å². The normalized spacial score (nSPS) is 27.9. The summed E-state index contributed by atoms with van der Waals surface area (Å²) in [7, 11) is 0. The van der Waals surface area contributed by atoms with E-state index in [2.05, 4.69) is 31.0 Å². The summed E-state index contributed by atoms with van der Waals surface area (Å²) in [6, 6.07) is 1.28. The Balaban J connectivity index is 2.37. The molecule has 0 aliphatic carbocycles. The Morgan fingerprint density at radius 1 is 1.50 bits per heavy atom. The molecule has 0 bridgehead atoms. The summed E-state index contributed by atoms with van der Waals surface area (Å²) in [6.45, 7) is 10.9. The van der Waals surface area contributed by atoms with Gasteiger partial charge in [0, 0.05) is 31.7 Å². The largest absolute Gasteiger partial charge is 0.329 e. The topological polar surface area (TPSA) is 41.3 Å². The predicted octanol–water partition coefficient (Wildman–Crippen LogP) is 0.654. The maximum absolute atomic E-state index is 5.61. The maximum atomic E-state index is 5.61. The first-order chi connectivity index (χ1) is 6.65. The molecule has 1 fully saturated rings. The summed E-state index contributed by atoms with van der Waals surface area (Å²) in [5.41, 5.74) is 5.61. The second kappa shape index (κ2) is 5.69. The summed E-state index contributed by atoms with van der Waals surface area (Å²) in [6.07, 6.45) is 1.32. The average Bonchev–Trinajstić information content (AvgIpc) is 2.51. The molecule has 14 heavy (non-hydrogen) atoms. The van der Waals surface area contributed by atoms with Crippen molar-refractivity contribution in [3.8, 4) is 0 Å². The van der Waals surface area contributed by atoms with Gasteiger partial charge in [-0.25, -0.2) is 0 Å². The lowest BCUT2D eigenvalue weighted by Gasteiger charge is -2.30. The van der Waals surface area contributed by atoms with E-state index in [1.807, 2.05) is 0 Å². The standard InChI is InChI=1S/C11H25N3/c1-9(2)14(7-5-12)8-11-10(3)4-6-13-11/h9-11,13H,4-8,12H2,1-3H3. The second-order valence-electron chi connectivity index (χ2n) is 4.70. The molecule has 0 aromatic heterocycles. The SMILES string of the molecule is CC1CCNC1CN(CCN)C(C)C. The van der Waals surface area contributed by atoms with E-state index in [0.717, 1.165) is 25.6 Å². The Labute approximate surface area is 88.0 Å². The number of rotatable bonds is 5. The smallest absolute Gasteiger partial charge is 0.0221 e. The van der Waals surface area contributed by atoms with Crippen molar-refractivity contribution in [3.63, 3.8) is 0 Å². The van der Waals surface area contributed by atoms with Crippen LogP contribution in [0, 0.1) is 5.92 Å². The molecule has 3 N–H and O–H groups in total. The summed E-state index contributed by atoms with van der Waals surface area (Å²) < 4.78 is 0. The van der Waals surface area contributed by atoms with Gasteiger partial charge in [0.25, 0.3) is 0 Å². The molecule has 0 aromatic rings. The van der Waals surface area contributed by atoms with Crippen LogP contribution in [0.1, 0.15) is 27.2 Å². The zero-order chi connectivity index (χ0) is 10.6. The van der Waals surface area contributed by atoms with Crippen LogP contribution in [0.25, 0.3) is 0 Å². The highest BCUT2D eigenvalue weighted by atomic mass is 15.2. The van der Waals surface area contributed by atoms with Crippen molar-refractivity contribution in [2.75, 3.05) is 26.2 Å². The first-order valence-electron chi connectivity index (χ1n) is 5.82. The molecule has 0 aromatic carbocycles. The molecule has 1 aliphatic rings. The van der Waals surface area contributed by atoms with E-state index in [4.69, 9.17) is 5.73 Å². The van der Waals surface area contributed by atoms with Crippen molar-refractivity contribution in [2.45, 2.75) is 39.3 Å². The highest BCUT2D eigenvalue weighted by Crippen LogP contribution is 2.16. The van der Waals surface area contributed by atoms with E-state index in [9.17, 15) is 0 Å². The van der Waals surface area contributed by atoms with E-state index in [0.29, 0.717) is 12.1 Å². The molecule has 1 saturated heterocycles. The Morgan fingerprint density at radius 2 is 2.21 bits per heavy atom. The number of nitrogens with two attached hydrogens (primary N) is 1. The van der Waals surface area contributed by atoms with Crippen LogP contribution in [0.2, 0.25) is 0 Å². The first-order valence-corrected chi connectivity index (χ1v) is 5.82. The number of hydrogen-bond acceptors (Lipinski definition) is 3. The molecule has 0 amide bonds. The molecular weight excluding hydrogens is 174 g/mol. The van der Waals surface area contributed by atoms with Gasteiger partial charge in [-0.15, -0.1) is 0 Å². The summed E-state index contributed by atoms with van der Waals surface area (Å²) in [4.78, 5) is 2.47. The Morgan fingerprint density at radius 3 is 2.64 bits per heavy atom. The van der Waals surface area contributed by atoms with E-state index in [1.54, 1.807) is 0 Å². The van der Waals surface area contributed by atoms with Gasteiger partial charge in [-0.3, -0.25) is 4.90 Å². The Kier molecular flexibility index (Phi) is 4.85. The molecule has 1 aliphatic heterocycles. The summed E-state index contributed by atoms with van der Waals surface area (Å²) in [5, 5.41) is 3.57. The fraction of sp³-hybridized carbons (Fsp3) is 1.00. The first kappa shape index (κ1) is 12.0. The van der Waals surface area contributed by atoms with Gasteiger partial charge >= 0.3 is 0 Å². The van der Waals surface area contributed by atoms with Gasteiger partial charge in [0.2, 0.25) is 0 Å².